The molecule has 7 nitrogen and oxygen atoms in total. The number of amides is 2. The Balaban J connectivity index is 1.58. The summed E-state index contributed by atoms with van der Waals surface area (Å²) in [5.41, 5.74) is 2.79. The smallest absolute Gasteiger partial charge is 0.262 e. The molecular weight excluding hydrogens is 440 g/mol. The summed E-state index contributed by atoms with van der Waals surface area (Å²) in [6, 6.07) is 11.2. The molecule has 0 saturated heterocycles. The van der Waals surface area contributed by atoms with Crippen LogP contribution in [-0.4, -0.2) is 58.8 Å². The van der Waals surface area contributed by atoms with E-state index >= 15 is 0 Å². The van der Waals surface area contributed by atoms with Gasteiger partial charge in [-0.05, 0) is 42.7 Å². The summed E-state index contributed by atoms with van der Waals surface area (Å²) in [5.74, 6) is -0.142. The number of carbonyl (C=O) groups excluding carboxylic acids is 2. The lowest BCUT2D eigenvalue weighted by molar-refractivity contribution is -0.144. The molecule has 0 spiro atoms. The number of nitrogens with zero attached hydrogens (tertiary/aromatic N) is 4. The highest BCUT2D eigenvalue weighted by Gasteiger charge is 2.36. The number of hydrogen-bond donors (Lipinski definition) is 0. The van der Waals surface area contributed by atoms with Gasteiger partial charge in [0.2, 0.25) is 5.91 Å². The molecule has 2 aliphatic rings. The number of benzene rings is 1. The van der Waals surface area contributed by atoms with Gasteiger partial charge in [0.25, 0.3) is 5.91 Å². The van der Waals surface area contributed by atoms with Crippen molar-refractivity contribution >= 4 is 29.1 Å². The van der Waals surface area contributed by atoms with Crippen molar-refractivity contribution in [2.45, 2.75) is 38.1 Å². The number of carbonyl (C=O) groups is 2. The van der Waals surface area contributed by atoms with Crippen LogP contribution in [-0.2, 0) is 21.4 Å². The molecule has 1 saturated carbocycles. The van der Waals surface area contributed by atoms with Gasteiger partial charge in [-0.15, -0.1) is 0 Å². The van der Waals surface area contributed by atoms with Crippen LogP contribution >= 0.6 is 11.6 Å². The molecule has 8 heteroatoms. The van der Waals surface area contributed by atoms with Gasteiger partial charge < -0.3 is 14.2 Å². The fraction of sp³-hybridized carbons (Fsp3) is 0.480. The molecule has 1 aliphatic heterocycles. The molecule has 1 atom stereocenters. The topological polar surface area (TPSA) is 67.1 Å². The Labute approximate surface area is 199 Å². The van der Waals surface area contributed by atoms with Crippen LogP contribution in [0, 0.1) is 5.92 Å². The molecule has 33 heavy (non-hydrogen) atoms. The second kappa shape index (κ2) is 10.5. The molecule has 0 bridgehead atoms. The van der Waals surface area contributed by atoms with E-state index < -0.39 is 0 Å². The third kappa shape index (κ3) is 5.31. The van der Waals surface area contributed by atoms with E-state index in [1.165, 1.54) is 0 Å². The van der Waals surface area contributed by atoms with Crippen LogP contribution in [0.25, 0.3) is 0 Å². The number of halogens is 1. The molecule has 4 rings (SSSR count). The fourth-order valence-electron chi connectivity index (χ4n) is 4.74. The molecule has 176 valence electrons. The Hall–Kier alpha value is -2.64. The number of rotatable bonds is 8. The zero-order valence-corrected chi connectivity index (χ0v) is 20.0. The number of ether oxygens (including phenoxy) is 1. The second-order valence-corrected chi connectivity index (χ2v) is 9.23. The lowest BCUT2D eigenvalue weighted by atomic mass is 10.0. The van der Waals surface area contributed by atoms with Crippen molar-refractivity contribution in [1.82, 2.24) is 14.5 Å². The Bertz CT molecular complexity index is 1010. The summed E-state index contributed by atoms with van der Waals surface area (Å²) in [4.78, 5) is 28.3. The quantitative estimate of drug-likeness (QED) is 0.585. The first kappa shape index (κ1) is 23.5. The molecule has 0 N–H and O–H groups in total. The Morgan fingerprint density at radius 1 is 1.18 bits per heavy atom. The van der Waals surface area contributed by atoms with Crippen LogP contribution < -0.4 is 0 Å². The third-order valence-corrected chi connectivity index (χ3v) is 6.82. The van der Waals surface area contributed by atoms with Gasteiger partial charge in [-0.2, -0.15) is 5.10 Å². The first-order valence-electron chi connectivity index (χ1n) is 11.5. The highest BCUT2D eigenvalue weighted by Crippen LogP contribution is 2.34. The van der Waals surface area contributed by atoms with Crippen molar-refractivity contribution in [3.8, 4) is 0 Å². The van der Waals surface area contributed by atoms with Gasteiger partial charge in [-0.1, -0.05) is 36.6 Å². The minimum atomic E-state index is -0.245. The number of methoxy groups -OCH3 is 1. The van der Waals surface area contributed by atoms with E-state index in [4.69, 9.17) is 21.4 Å². The zero-order valence-electron chi connectivity index (χ0n) is 19.2. The van der Waals surface area contributed by atoms with Crippen molar-refractivity contribution in [1.29, 1.82) is 0 Å². The molecule has 1 aromatic heterocycles. The predicted molar refractivity (Wildman–Crippen MR) is 128 cm³/mol. The Morgan fingerprint density at radius 3 is 2.55 bits per heavy atom. The minimum Gasteiger partial charge on any atom is -0.383 e. The Kier molecular flexibility index (Phi) is 7.50. The summed E-state index contributed by atoms with van der Waals surface area (Å²) in [6.07, 6.45) is 6.48. The minimum absolute atomic E-state index is 0.00252. The first-order valence-corrected chi connectivity index (χ1v) is 11.9. The van der Waals surface area contributed by atoms with E-state index in [9.17, 15) is 9.59 Å². The van der Waals surface area contributed by atoms with E-state index in [0.29, 0.717) is 24.6 Å². The average Bonchev–Trinajstić information content (AvgIpc) is 3.57. The standard InChI is InChI=1S/C25H31ClN4O3/c1-28-13-5-8-22(28)21-16-23(18-9-11-20(26)12-10-18)30(27-21)24(31)17-29(14-15-33-2)25(32)19-6-3-4-7-19/h5,8-13,19,23H,3-4,6-7,14-17H2,1-2H3/t23-/m0/s1. The second-order valence-electron chi connectivity index (χ2n) is 8.79. The van der Waals surface area contributed by atoms with Crippen LogP contribution in [0.5, 0.6) is 0 Å². The monoisotopic (exact) mass is 470 g/mol. The molecule has 2 amide bonds. The number of hydrazone groups is 1. The summed E-state index contributed by atoms with van der Waals surface area (Å²) in [7, 11) is 3.57. The third-order valence-electron chi connectivity index (χ3n) is 6.57. The van der Waals surface area contributed by atoms with E-state index in [1.54, 1.807) is 17.0 Å². The van der Waals surface area contributed by atoms with E-state index in [0.717, 1.165) is 42.7 Å². The predicted octanol–water partition coefficient (Wildman–Crippen LogP) is 4.02. The molecule has 1 aliphatic carbocycles. The maximum absolute atomic E-state index is 13.5. The summed E-state index contributed by atoms with van der Waals surface area (Å²) >= 11 is 6.09. The molecule has 1 fully saturated rings. The largest absolute Gasteiger partial charge is 0.383 e. The van der Waals surface area contributed by atoms with E-state index in [1.807, 2.05) is 54.2 Å². The zero-order chi connectivity index (χ0) is 23.4. The van der Waals surface area contributed by atoms with Crippen LogP contribution in [0.1, 0.15) is 49.4 Å². The molecule has 1 aromatic carbocycles. The SMILES string of the molecule is COCCN(CC(=O)N1N=C(c2cccn2C)C[C@H]1c1ccc(Cl)cc1)C(=O)C1CCCC1. The number of aryl methyl sites for hydroxylation is 1. The average molecular weight is 471 g/mol. The summed E-state index contributed by atoms with van der Waals surface area (Å²) in [5, 5.41) is 6.93. The molecular formula is C25H31ClN4O3. The van der Waals surface area contributed by atoms with Gasteiger partial charge in [0.15, 0.2) is 0 Å². The van der Waals surface area contributed by atoms with Crippen LogP contribution in [0.3, 0.4) is 0 Å². The van der Waals surface area contributed by atoms with E-state index in [2.05, 4.69) is 0 Å². The van der Waals surface area contributed by atoms with Gasteiger partial charge >= 0.3 is 0 Å². The van der Waals surface area contributed by atoms with Crippen molar-refractivity contribution in [3.63, 3.8) is 0 Å². The summed E-state index contributed by atoms with van der Waals surface area (Å²) < 4.78 is 7.21. The van der Waals surface area contributed by atoms with Gasteiger partial charge in [-0.25, -0.2) is 5.01 Å². The van der Waals surface area contributed by atoms with E-state index in [-0.39, 0.29) is 30.3 Å². The van der Waals surface area contributed by atoms with Crippen molar-refractivity contribution in [3.05, 3.63) is 58.9 Å². The molecule has 0 unspecified atom stereocenters. The van der Waals surface area contributed by atoms with Gasteiger partial charge in [0.05, 0.1) is 24.1 Å². The van der Waals surface area contributed by atoms with Crippen molar-refractivity contribution < 1.29 is 14.3 Å². The summed E-state index contributed by atoms with van der Waals surface area (Å²) in [6.45, 7) is 0.780. The lowest BCUT2D eigenvalue weighted by Crippen LogP contribution is -2.44. The highest BCUT2D eigenvalue weighted by molar-refractivity contribution is 6.30. The lowest BCUT2D eigenvalue weighted by Gasteiger charge is -2.28. The van der Waals surface area contributed by atoms with Gasteiger partial charge in [0.1, 0.15) is 6.54 Å². The van der Waals surface area contributed by atoms with Crippen molar-refractivity contribution in [2.75, 3.05) is 26.8 Å². The fourth-order valence-corrected chi connectivity index (χ4v) is 4.86. The highest BCUT2D eigenvalue weighted by atomic mass is 35.5. The van der Waals surface area contributed by atoms with Crippen LogP contribution in [0.4, 0.5) is 0 Å². The maximum Gasteiger partial charge on any atom is 0.262 e. The van der Waals surface area contributed by atoms with Crippen LogP contribution in [0.2, 0.25) is 5.02 Å². The maximum atomic E-state index is 13.5. The molecule has 2 heterocycles. The molecule has 0 radical (unpaired) electrons. The number of aromatic nitrogens is 1. The molecule has 2 aromatic rings. The van der Waals surface area contributed by atoms with Crippen LogP contribution in [0.15, 0.2) is 47.7 Å². The number of hydrogen-bond acceptors (Lipinski definition) is 4. The van der Waals surface area contributed by atoms with Crippen molar-refractivity contribution in [2.24, 2.45) is 18.1 Å². The van der Waals surface area contributed by atoms with Gasteiger partial charge in [-0.3, -0.25) is 9.59 Å². The van der Waals surface area contributed by atoms with Gasteiger partial charge in [0, 0.05) is 44.3 Å². The first-order chi connectivity index (χ1) is 16.0. The normalized spacial score (nSPS) is 18.6. The Morgan fingerprint density at radius 2 is 1.91 bits per heavy atom.